The Morgan fingerprint density at radius 1 is 1.37 bits per heavy atom. The van der Waals surface area contributed by atoms with E-state index >= 15 is 0 Å². The second-order valence-electron chi connectivity index (χ2n) is 6.13. The topological polar surface area (TPSA) is 50.3 Å². The SMILES string of the molecule is CN(CCOc1nnc(CNC(C)(C)C)s1)C1CC1. The van der Waals surface area contributed by atoms with E-state index in [2.05, 4.69) is 48.2 Å². The van der Waals surface area contributed by atoms with Crippen molar-refractivity contribution < 1.29 is 4.74 Å². The zero-order valence-electron chi connectivity index (χ0n) is 12.3. The predicted molar refractivity (Wildman–Crippen MR) is 77.6 cm³/mol. The Labute approximate surface area is 119 Å². The van der Waals surface area contributed by atoms with Crippen LogP contribution >= 0.6 is 11.3 Å². The van der Waals surface area contributed by atoms with Crippen LogP contribution in [0.3, 0.4) is 0 Å². The molecule has 0 bridgehead atoms. The van der Waals surface area contributed by atoms with Gasteiger partial charge in [0.05, 0.1) is 6.54 Å². The molecule has 108 valence electrons. The maximum absolute atomic E-state index is 5.64. The highest BCUT2D eigenvalue weighted by atomic mass is 32.1. The van der Waals surface area contributed by atoms with Crippen molar-refractivity contribution in [2.24, 2.45) is 0 Å². The number of hydrogen-bond donors (Lipinski definition) is 1. The van der Waals surface area contributed by atoms with Crippen molar-refractivity contribution >= 4 is 11.3 Å². The summed E-state index contributed by atoms with van der Waals surface area (Å²) in [6.07, 6.45) is 2.66. The zero-order chi connectivity index (χ0) is 13.9. The van der Waals surface area contributed by atoms with Gasteiger partial charge in [-0.05, 0) is 40.7 Å². The molecular formula is C13H24N4OS. The van der Waals surface area contributed by atoms with Crippen molar-refractivity contribution in [1.82, 2.24) is 20.4 Å². The van der Waals surface area contributed by atoms with Crippen LogP contribution in [0.15, 0.2) is 0 Å². The molecule has 0 spiro atoms. The van der Waals surface area contributed by atoms with E-state index in [4.69, 9.17) is 4.74 Å². The number of nitrogens with one attached hydrogen (secondary N) is 1. The summed E-state index contributed by atoms with van der Waals surface area (Å²) >= 11 is 1.52. The fourth-order valence-corrected chi connectivity index (χ4v) is 2.34. The molecular weight excluding hydrogens is 260 g/mol. The van der Waals surface area contributed by atoms with Gasteiger partial charge in [-0.15, -0.1) is 10.2 Å². The molecule has 1 aliphatic rings. The Bertz CT molecular complexity index is 398. The van der Waals surface area contributed by atoms with Gasteiger partial charge >= 0.3 is 0 Å². The maximum atomic E-state index is 5.64. The lowest BCUT2D eigenvalue weighted by Crippen LogP contribution is -2.35. The lowest BCUT2D eigenvalue weighted by molar-refractivity contribution is 0.230. The van der Waals surface area contributed by atoms with Crippen LogP contribution in [0.5, 0.6) is 5.19 Å². The standard InChI is InChI=1S/C13H24N4OS/c1-13(2,3)14-9-11-15-16-12(19-11)18-8-7-17(4)10-5-6-10/h10,14H,5-9H2,1-4H3. The zero-order valence-corrected chi connectivity index (χ0v) is 13.1. The van der Waals surface area contributed by atoms with Gasteiger partial charge in [-0.1, -0.05) is 11.3 Å². The fraction of sp³-hybridized carbons (Fsp3) is 0.846. The summed E-state index contributed by atoms with van der Waals surface area (Å²) in [5.74, 6) is 0. The number of nitrogens with zero attached hydrogens (tertiary/aromatic N) is 3. The number of likely N-dealkylation sites (N-methyl/N-ethyl adjacent to an activating group) is 1. The van der Waals surface area contributed by atoms with Crippen LogP contribution in [0.1, 0.15) is 38.6 Å². The minimum absolute atomic E-state index is 0.0969. The van der Waals surface area contributed by atoms with Crippen molar-refractivity contribution in [1.29, 1.82) is 0 Å². The van der Waals surface area contributed by atoms with Gasteiger partial charge in [0.1, 0.15) is 11.6 Å². The average molecular weight is 284 g/mol. The van der Waals surface area contributed by atoms with Crippen LogP contribution in [0, 0.1) is 0 Å². The first-order valence-corrected chi connectivity index (χ1v) is 7.66. The van der Waals surface area contributed by atoms with Crippen LogP contribution in [0.4, 0.5) is 0 Å². The monoisotopic (exact) mass is 284 g/mol. The number of aromatic nitrogens is 2. The number of ether oxygens (including phenoxy) is 1. The van der Waals surface area contributed by atoms with Crippen LogP contribution in [-0.4, -0.2) is 46.9 Å². The van der Waals surface area contributed by atoms with Crippen LogP contribution < -0.4 is 10.1 Å². The molecule has 0 atom stereocenters. The van der Waals surface area contributed by atoms with E-state index in [-0.39, 0.29) is 5.54 Å². The summed E-state index contributed by atoms with van der Waals surface area (Å²) < 4.78 is 5.64. The summed E-state index contributed by atoms with van der Waals surface area (Å²) in [5.41, 5.74) is 0.0969. The Kier molecular flexibility index (Phi) is 4.76. The van der Waals surface area contributed by atoms with Crippen LogP contribution in [0.2, 0.25) is 0 Å². The lowest BCUT2D eigenvalue weighted by Gasteiger charge is -2.19. The van der Waals surface area contributed by atoms with E-state index < -0.39 is 0 Å². The molecule has 2 rings (SSSR count). The van der Waals surface area contributed by atoms with Crippen molar-refractivity contribution in [3.05, 3.63) is 5.01 Å². The molecule has 1 heterocycles. The maximum Gasteiger partial charge on any atom is 0.294 e. The van der Waals surface area contributed by atoms with Crippen LogP contribution in [-0.2, 0) is 6.54 Å². The molecule has 1 saturated carbocycles. The average Bonchev–Trinajstić information content (AvgIpc) is 3.07. The summed E-state index contributed by atoms with van der Waals surface area (Å²) in [6, 6.07) is 0.782. The van der Waals surface area contributed by atoms with Gasteiger partial charge in [0, 0.05) is 18.1 Å². The number of hydrogen-bond acceptors (Lipinski definition) is 6. The van der Waals surface area contributed by atoms with Gasteiger partial charge in [0.25, 0.3) is 5.19 Å². The van der Waals surface area contributed by atoms with Crippen LogP contribution in [0.25, 0.3) is 0 Å². The second kappa shape index (κ2) is 6.15. The molecule has 1 aliphatic carbocycles. The van der Waals surface area contributed by atoms with E-state index in [1.807, 2.05) is 0 Å². The molecule has 0 amide bonds. The highest BCUT2D eigenvalue weighted by molar-refractivity contribution is 7.13. The molecule has 1 aromatic rings. The van der Waals surface area contributed by atoms with Gasteiger partial charge in [0.15, 0.2) is 0 Å². The van der Waals surface area contributed by atoms with E-state index in [0.717, 1.165) is 24.1 Å². The largest absolute Gasteiger partial charge is 0.468 e. The smallest absolute Gasteiger partial charge is 0.294 e. The predicted octanol–water partition coefficient (Wildman–Crippen LogP) is 1.90. The molecule has 0 radical (unpaired) electrons. The van der Waals surface area contributed by atoms with E-state index in [0.29, 0.717) is 11.8 Å². The second-order valence-corrected chi connectivity index (χ2v) is 7.15. The molecule has 0 aromatic carbocycles. The molecule has 6 heteroatoms. The minimum atomic E-state index is 0.0969. The van der Waals surface area contributed by atoms with Crippen molar-refractivity contribution in [2.75, 3.05) is 20.2 Å². The first-order chi connectivity index (χ1) is 8.94. The van der Waals surface area contributed by atoms with Crippen molar-refractivity contribution in [3.63, 3.8) is 0 Å². The summed E-state index contributed by atoms with van der Waals surface area (Å²) in [4.78, 5) is 2.35. The molecule has 1 aromatic heterocycles. The lowest BCUT2D eigenvalue weighted by atomic mass is 10.1. The third kappa shape index (κ3) is 5.42. The van der Waals surface area contributed by atoms with Gasteiger partial charge < -0.3 is 15.0 Å². The fourth-order valence-electron chi connectivity index (χ4n) is 1.68. The molecule has 5 nitrogen and oxygen atoms in total. The van der Waals surface area contributed by atoms with Crippen molar-refractivity contribution in [2.45, 2.75) is 51.7 Å². The first-order valence-electron chi connectivity index (χ1n) is 6.84. The van der Waals surface area contributed by atoms with E-state index in [1.54, 1.807) is 0 Å². The molecule has 1 fully saturated rings. The summed E-state index contributed by atoms with van der Waals surface area (Å²) in [6.45, 7) is 8.80. The third-order valence-corrected chi connectivity index (χ3v) is 3.89. The first kappa shape index (κ1) is 14.7. The number of rotatable bonds is 7. The van der Waals surface area contributed by atoms with Gasteiger partial charge in [-0.3, -0.25) is 0 Å². The highest BCUT2D eigenvalue weighted by Crippen LogP contribution is 2.25. The highest BCUT2D eigenvalue weighted by Gasteiger charge is 2.25. The van der Waals surface area contributed by atoms with Gasteiger partial charge in [0.2, 0.25) is 0 Å². The van der Waals surface area contributed by atoms with Gasteiger partial charge in [-0.25, -0.2) is 0 Å². The van der Waals surface area contributed by atoms with E-state index in [9.17, 15) is 0 Å². The molecule has 19 heavy (non-hydrogen) atoms. The molecule has 0 saturated heterocycles. The Balaban J connectivity index is 1.68. The molecule has 1 N–H and O–H groups in total. The Morgan fingerprint density at radius 3 is 2.74 bits per heavy atom. The Hall–Kier alpha value is -0.720. The normalized spacial score (nSPS) is 16.1. The third-order valence-electron chi connectivity index (χ3n) is 3.06. The minimum Gasteiger partial charge on any atom is -0.468 e. The van der Waals surface area contributed by atoms with E-state index in [1.165, 1.54) is 24.2 Å². The van der Waals surface area contributed by atoms with Gasteiger partial charge in [-0.2, -0.15) is 0 Å². The summed E-state index contributed by atoms with van der Waals surface area (Å²) in [5, 5.41) is 13.2. The van der Waals surface area contributed by atoms with Crippen molar-refractivity contribution in [3.8, 4) is 5.19 Å². The molecule has 0 unspecified atom stereocenters. The Morgan fingerprint density at radius 2 is 2.11 bits per heavy atom. The molecule has 0 aliphatic heterocycles. The summed E-state index contributed by atoms with van der Waals surface area (Å²) in [7, 11) is 2.15. The quantitative estimate of drug-likeness (QED) is 0.829.